The van der Waals surface area contributed by atoms with Gasteiger partial charge < -0.3 is 29.9 Å². The summed E-state index contributed by atoms with van der Waals surface area (Å²) in [6.45, 7) is 3.68. The van der Waals surface area contributed by atoms with Gasteiger partial charge in [0.15, 0.2) is 0 Å². The number of rotatable bonds is 5. The van der Waals surface area contributed by atoms with Gasteiger partial charge in [0.25, 0.3) is 0 Å². The van der Waals surface area contributed by atoms with Crippen LogP contribution >= 0.6 is 0 Å². The first-order valence-corrected chi connectivity index (χ1v) is 12.3. The molecule has 0 radical (unpaired) electrons. The summed E-state index contributed by atoms with van der Waals surface area (Å²) >= 11 is 0. The monoisotopic (exact) mass is 558 g/mol. The largest absolute Gasteiger partial charge is 0.490 e. The summed E-state index contributed by atoms with van der Waals surface area (Å²) in [6.07, 6.45) is -3.46. The van der Waals surface area contributed by atoms with Crippen LogP contribution in [0.5, 0.6) is 5.75 Å². The summed E-state index contributed by atoms with van der Waals surface area (Å²) in [6, 6.07) is 9.16. The average Bonchev–Trinajstić information content (AvgIpc) is 2.88. The number of piperidine rings is 1. The van der Waals surface area contributed by atoms with Gasteiger partial charge in [-0.05, 0) is 56.7 Å². The number of ether oxygens (including phenoxy) is 1. The maximum absolute atomic E-state index is 14.3. The van der Waals surface area contributed by atoms with Gasteiger partial charge in [-0.1, -0.05) is 12.1 Å². The van der Waals surface area contributed by atoms with Gasteiger partial charge in [-0.2, -0.15) is 13.2 Å². The summed E-state index contributed by atoms with van der Waals surface area (Å²) in [5.74, 6) is -3.17. The molecular formula is C26H31F5N4O4. The number of aliphatic carboxylic acids is 1. The third-order valence-electron chi connectivity index (χ3n) is 6.55. The van der Waals surface area contributed by atoms with Crippen LogP contribution in [0, 0.1) is 11.6 Å². The van der Waals surface area contributed by atoms with E-state index in [9.17, 15) is 26.7 Å². The van der Waals surface area contributed by atoms with Gasteiger partial charge in [-0.15, -0.1) is 0 Å². The minimum absolute atomic E-state index is 0.00119. The third kappa shape index (κ3) is 8.44. The van der Waals surface area contributed by atoms with E-state index >= 15 is 0 Å². The Morgan fingerprint density at radius 3 is 2.36 bits per heavy atom. The highest BCUT2D eigenvalue weighted by Crippen LogP contribution is 2.31. The van der Waals surface area contributed by atoms with Crippen LogP contribution in [0.2, 0.25) is 0 Å². The fourth-order valence-electron chi connectivity index (χ4n) is 4.29. The number of carboxylic acids is 1. The Balaban J connectivity index is 0.000000532. The summed E-state index contributed by atoms with van der Waals surface area (Å²) in [5.41, 5.74) is 2.28. The fourth-order valence-corrected chi connectivity index (χ4v) is 4.29. The molecule has 2 N–H and O–H groups in total. The number of likely N-dealkylation sites (N-methyl/N-ethyl adjacent to an activating group) is 1. The molecule has 0 spiro atoms. The molecule has 0 aliphatic carbocycles. The summed E-state index contributed by atoms with van der Waals surface area (Å²) in [5, 5.41) is 10.1. The van der Waals surface area contributed by atoms with Gasteiger partial charge in [-0.3, -0.25) is 0 Å². The fraction of sp³-hybridized carbons (Fsp3) is 0.462. The highest BCUT2D eigenvalue weighted by molar-refractivity contribution is 5.75. The van der Waals surface area contributed by atoms with Crippen molar-refractivity contribution >= 4 is 17.7 Å². The van der Waals surface area contributed by atoms with Crippen molar-refractivity contribution in [2.24, 2.45) is 0 Å². The van der Waals surface area contributed by atoms with Crippen LogP contribution in [0.25, 0.3) is 0 Å². The maximum Gasteiger partial charge on any atom is 0.490 e. The van der Waals surface area contributed by atoms with Crippen molar-refractivity contribution in [2.45, 2.75) is 38.1 Å². The molecule has 1 saturated heterocycles. The van der Waals surface area contributed by atoms with Gasteiger partial charge >= 0.3 is 18.2 Å². The first-order chi connectivity index (χ1) is 18.3. The van der Waals surface area contributed by atoms with E-state index in [0.717, 1.165) is 55.5 Å². The standard InChI is InChI=1S/C24H30F2N4O2.C2HF3O2/c1-28-9-7-20(8-10-28)30(16-18-4-5-19(25)14-21(18)26)24(31)27-15-17-3-6-23-22(13-17)29(2)11-12-32-23;3-2(4,5)1(6)7/h3-6,13-14,20H,7-12,15-16H2,1-2H3,(H,27,31);(H,6,7). The van der Waals surface area contributed by atoms with Crippen molar-refractivity contribution in [1.29, 1.82) is 0 Å². The number of anilines is 1. The lowest BCUT2D eigenvalue weighted by Gasteiger charge is -2.37. The van der Waals surface area contributed by atoms with E-state index in [-0.39, 0.29) is 18.6 Å². The topological polar surface area (TPSA) is 85.4 Å². The Hall–Kier alpha value is -3.61. The average molecular weight is 559 g/mol. The molecule has 0 aromatic heterocycles. The molecule has 2 heterocycles. The Morgan fingerprint density at radius 2 is 1.74 bits per heavy atom. The highest BCUT2D eigenvalue weighted by atomic mass is 19.4. The number of carbonyl (C=O) groups excluding carboxylic acids is 1. The lowest BCUT2D eigenvalue weighted by atomic mass is 10.0. The summed E-state index contributed by atoms with van der Waals surface area (Å²) in [7, 11) is 4.07. The van der Waals surface area contributed by atoms with Crippen molar-refractivity contribution in [1.82, 2.24) is 15.1 Å². The molecule has 2 aliphatic heterocycles. The molecule has 2 amide bonds. The minimum Gasteiger partial charge on any atom is -0.490 e. The van der Waals surface area contributed by atoms with Crippen LogP contribution in [0.4, 0.5) is 32.4 Å². The van der Waals surface area contributed by atoms with E-state index in [0.29, 0.717) is 18.7 Å². The van der Waals surface area contributed by atoms with E-state index in [1.165, 1.54) is 12.1 Å². The molecule has 2 aromatic rings. The van der Waals surface area contributed by atoms with Crippen LogP contribution < -0.4 is 15.0 Å². The lowest BCUT2D eigenvalue weighted by molar-refractivity contribution is -0.192. The number of nitrogens with zero attached hydrogens (tertiary/aromatic N) is 3. The second kappa shape index (κ2) is 13.0. The van der Waals surface area contributed by atoms with Gasteiger partial charge in [0.2, 0.25) is 0 Å². The smallest absolute Gasteiger partial charge is 0.490 e. The molecule has 214 valence electrons. The predicted molar refractivity (Wildman–Crippen MR) is 134 cm³/mol. The molecule has 39 heavy (non-hydrogen) atoms. The number of fused-ring (bicyclic) bond motifs is 1. The van der Waals surface area contributed by atoms with Crippen molar-refractivity contribution in [3.8, 4) is 5.75 Å². The normalized spacial score (nSPS) is 15.9. The summed E-state index contributed by atoms with van der Waals surface area (Å²) < 4.78 is 65.1. The highest BCUT2D eigenvalue weighted by Gasteiger charge is 2.38. The van der Waals surface area contributed by atoms with Gasteiger partial charge in [0.1, 0.15) is 24.0 Å². The second-order valence-corrected chi connectivity index (χ2v) is 9.43. The molecule has 13 heteroatoms. The molecule has 2 aliphatic rings. The minimum atomic E-state index is -5.08. The van der Waals surface area contributed by atoms with E-state index in [4.69, 9.17) is 14.6 Å². The number of hydrogen-bond donors (Lipinski definition) is 2. The van der Waals surface area contributed by atoms with Crippen molar-refractivity contribution in [3.63, 3.8) is 0 Å². The Labute approximate surface area is 222 Å². The van der Waals surface area contributed by atoms with Gasteiger partial charge in [-0.25, -0.2) is 18.4 Å². The first kappa shape index (κ1) is 29.9. The van der Waals surface area contributed by atoms with Crippen LogP contribution in [0.3, 0.4) is 0 Å². The van der Waals surface area contributed by atoms with E-state index in [1.807, 2.05) is 25.2 Å². The zero-order valence-corrected chi connectivity index (χ0v) is 21.6. The Kier molecular flexibility index (Phi) is 9.95. The molecule has 1 fully saturated rings. The number of carboxylic acid groups (broad SMARTS) is 1. The molecular weight excluding hydrogens is 527 g/mol. The lowest BCUT2D eigenvalue weighted by Crippen LogP contribution is -2.49. The van der Waals surface area contributed by atoms with Gasteiger partial charge in [0, 0.05) is 31.3 Å². The number of nitrogens with one attached hydrogen (secondary N) is 1. The second-order valence-electron chi connectivity index (χ2n) is 9.43. The molecule has 0 saturated carbocycles. The molecule has 8 nitrogen and oxygen atoms in total. The zero-order valence-electron chi connectivity index (χ0n) is 21.6. The zero-order chi connectivity index (χ0) is 28.7. The van der Waals surface area contributed by atoms with Crippen LogP contribution in [0.1, 0.15) is 24.0 Å². The maximum atomic E-state index is 14.3. The van der Waals surface area contributed by atoms with Crippen LogP contribution in [-0.2, 0) is 17.9 Å². The number of alkyl halides is 3. The summed E-state index contributed by atoms with van der Waals surface area (Å²) in [4.78, 5) is 28.1. The Morgan fingerprint density at radius 1 is 1.08 bits per heavy atom. The van der Waals surface area contributed by atoms with Crippen molar-refractivity contribution in [3.05, 3.63) is 59.2 Å². The quantitative estimate of drug-likeness (QED) is 0.535. The molecule has 0 bridgehead atoms. The number of carbonyl (C=O) groups is 2. The first-order valence-electron chi connectivity index (χ1n) is 12.3. The number of amides is 2. The van der Waals surface area contributed by atoms with Crippen LogP contribution in [0.15, 0.2) is 36.4 Å². The number of benzene rings is 2. The number of likely N-dealkylation sites (tertiary alicyclic amines) is 1. The molecule has 2 aromatic carbocycles. The van der Waals surface area contributed by atoms with E-state index < -0.39 is 23.8 Å². The van der Waals surface area contributed by atoms with Crippen molar-refractivity contribution < 1.29 is 41.4 Å². The van der Waals surface area contributed by atoms with Crippen LogP contribution in [-0.4, -0.2) is 79.5 Å². The number of halogens is 5. The third-order valence-corrected chi connectivity index (χ3v) is 6.55. The Bertz CT molecular complexity index is 1160. The SMILES string of the molecule is CN1CCC(N(Cc2ccc(F)cc2F)C(=O)NCc2ccc3c(c2)N(C)CCO3)CC1.O=C(O)C(F)(F)F. The molecule has 4 rings (SSSR count). The predicted octanol–water partition coefficient (Wildman–Crippen LogP) is 4.23. The number of urea groups is 1. The van der Waals surface area contributed by atoms with E-state index in [1.54, 1.807) is 4.90 Å². The molecule has 0 unspecified atom stereocenters. The van der Waals surface area contributed by atoms with Crippen molar-refractivity contribution in [2.75, 3.05) is 45.2 Å². The number of hydrogen-bond acceptors (Lipinski definition) is 5. The van der Waals surface area contributed by atoms with Gasteiger partial charge in [0.05, 0.1) is 18.8 Å². The molecule has 0 atom stereocenters. The van der Waals surface area contributed by atoms with E-state index in [2.05, 4.69) is 22.2 Å².